The molecular weight excluding hydrogens is 267 g/mol. The number of halogens is 3. The highest BCUT2D eigenvalue weighted by atomic mass is 19.4. The van der Waals surface area contributed by atoms with Crippen LogP contribution in [0.5, 0.6) is 0 Å². The van der Waals surface area contributed by atoms with Gasteiger partial charge in [0.15, 0.2) is 0 Å². The number of hydrogen-bond acceptors (Lipinski definition) is 2. The highest BCUT2D eigenvalue weighted by molar-refractivity contribution is 5.43. The Morgan fingerprint density at radius 1 is 1.20 bits per heavy atom. The molecular formula is C14H14F3N3. The summed E-state index contributed by atoms with van der Waals surface area (Å²) in [6, 6.07) is 1.57. The Balaban J connectivity index is 2.08. The molecule has 0 bridgehead atoms. The van der Waals surface area contributed by atoms with Gasteiger partial charge in [0, 0.05) is 18.0 Å². The maximum Gasteiger partial charge on any atom is 0.433 e. The van der Waals surface area contributed by atoms with Crippen molar-refractivity contribution in [3.8, 4) is 5.69 Å². The molecule has 0 amide bonds. The minimum Gasteiger partial charge on any atom is -0.251 e. The van der Waals surface area contributed by atoms with Crippen LogP contribution < -0.4 is 0 Å². The minimum atomic E-state index is -4.44. The van der Waals surface area contributed by atoms with E-state index in [2.05, 4.69) is 10.1 Å². The van der Waals surface area contributed by atoms with Crippen molar-refractivity contribution in [1.29, 1.82) is 0 Å². The second-order valence-corrected chi connectivity index (χ2v) is 5.05. The van der Waals surface area contributed by atoms with Gasteiger partial charge >= 0.3 is 6.18 Å². The van der Waals surface area contributed by atoms with Gasteiger partial charge in [-0.3, -0.25) is 4.98 Å². The van der Waals surface area contributed by atoms with E-state index in [1.807, 2.05) is 6.20 Å². The molecule has 2 aromatic heterocycles. The number of fused-ring (bicyclic) bond motifs is 1. The zero-order chi connectivity index (χ0) is 14.3. The molecule has 2 aromatic rings. The summed E-state index contributed by atoms with van der Waals surface area (Å²) in [5, 5.41) is 4.43. The van der Waals surface area contributed by atoms with Gasteiger partial charge in [0.2, 0.25) is 0 Å². The van der Waals surface area contributed by atoms with E-state index in [0.717, 1.165) is 36.9 Å². The molecule has 0 aromatic carbocycles. The van der Waals surface area contributed by atoms with E-state index in [1.54, 1.807) is 10.7 Å². The van der Waals surface area contributed by atoms with Crippen LogP contribution in [0.15, 0.2) is 18.5 Å². The summed E-state index contributed by atoms with van der Waals surface area (Å²) in [4.78, 5) is 3.45. The van der Waals surface area contributed by atoms with Crippen molar-refractivity contribution in [2.24, 2.45) is 0 Å². The predicted octanol–water partition coefficient (Wildman–Crippen LogP) is 3.47. The number of nitrogens with zero attached hydrogens (tertiary/aromatic N) is 3. The largest absolute Gasteiger partial charge is 0.433 e. The van der Waals surface area contributed by atoms with Gasteiger partial charge in [-0.05, 0) is 44.2 Å². The van der Waals surface area contributed by atoms with E-state index in [0.29, 0.717) is 5.69 Å². The minimum absolute atomic E-state index is 0.111. The first-order valence-corrected chi connectivity index (χ1v) is 6.57. The molecule has 0 radical (unpaired) electrons. The number of rotatable bonds is 1. The Hall–Kier alpha value is -1.85. The fraction of sp³-hybridized carbons (Fsp3) is 0.429. The van der Waals surface area contributed by atoms with Crippen molar-refractivity contribution in [3.63, 3.8) is 0 Å². The van der Waals surface area contributed by atoms with Gasteiger partial charge in [-0.15, -0.1) is 0 Å². The summed E-state index contributed by atoms with van der Waals surface area (Å²) in [7, 11) is 0. The SMILES string of the molecule is Cc1c(-n2cc3c(n2)CCCC3)ccnc1C(F)(F)F. The summed E-state index contributed by atoms with van der Waals surface area (Å²) in [6.45, 7) is 1.44. The van der Waals surface area contributed by atoms with Crippen molar-refractivity contribution in [1.82, 2.24) is 14.8 Å². The van der Waals surface area contributed by atoms with Gasteiger partial charge in [0.1, 0.15) is 5.69 Å². The van der Waals surface area contributed by atoms with Gasteiger partial charge in [-0.25, -0.2) is 4.68 Å². The molecule has 0 saturated heterocycles. The van der Waals surface area contributed by atoms with Crippen molar-refractivity contribution < 1.29 is 13.2 Å². The second kappa shape index (κ2) is 4.61. The number of hydrogen-bond donors (Lipinski definition) is 0. The highest BCUT2D eigenvalue weighted by Crippen LogP contribution is 2.32. The summed E-state index contributed by atoms with van der Waals surface area (Å²) in [6.07, 6.45) is 2.65. The lowest BCUT2D eigenvalue weighted by atomic mass is 9.99. The summed E-state index contributed by atoms with van der Waals surface area (Å²) in [5.74, 6) is 0. The summed E-state index contributed by atoms with van der Waals surface area (Å²) < 4.78 is 40.2. The van der Waals surface area contributed by atoms with Gasteiger partial charge in [0.05, 0.1) is 11.4 Å². The molecule has 1 aliphatic carbocycles. The van der Waals surface area contributed by atoms with Crippen LogP contribution in [0.1, 0.15) is 35.4 Å². The second-order valence-electron chi connectivity index (χ2n) is 5.05. The van der Waals surface area contributed by atoms with Gasteiger partial charge < -0.3 is 0 Å². The Morgan fingerprint density at radius 3 is 2.65 bits per heavy atom. The lowest BCUT2D eigenvalue weighted by molar-refractivity contribution is -0.141. The number of aryl methyl sites for hydroxylation is 2. The predicted molar refractivity (Wildman–Crippen MR) is 67.7 cm³/mol. The van der Waals surface area contributed by atoms with Crippen molar-refractivity contribution in [2.75, 3.05) is 0 Å². The molecule has 106 valence electrons. The highest BCUT2D eigenvalue weighted by Gasteiger charge is 2.35. The fourth-order valence-corrected chi connectivity index (χ4v) is 2.66. The van der Waals surface area contributed by atoms with E-state index in [1.165, 1.54) is 13.1 Å². The molecule has 0 unspecified atom stereocenters. The Bertz CT molecular complexity index is 620. The third kappa shape index (κ3) is 2.19. The van der Waals surface area contributed by atoms with Crippen LogP contribution in [0.3, 0.4) is 0 Å². The van der Waals surface area contributed by atoms with Crippen molar-refractivity contribution in [2.45, 2.75) is 38.8 Å². The molecule has 0 N–H and O–H groups in total. The monoisotopic (exact) mass is 281 g/mol. The van der Waals surface area contributed by atoms with E-state index in [9.17, 15) is 13.2 Å². The third-order valence-electron chi connectivity index (χ3n) is 3.68. The third-order valence-corrected chi connectivity index (χ3v) is 3.68. The van der Waals surface area contributed by atoms with Crippen molar-refractivity contribution in [3.05, 3.63) is 41.0 Å². The van der Waals surface area contributed by atoms with Crippen LogP contribution in [-0.4, -0.2) is 14.8 Å². The lowest BCUT2D eigenvalue weighted by Gasteiger charge is -2.12. The van der Waals surface area contributed by atoms with E-state index in [4.69, 9.17) is 0 Å². The molecule has 0 saturated carbocycles. The Morgan fingerprint density at radius 2 is 1.95 bits per heavy atom. The number of alkyl halides is 3. The molecule has 1 aliphatic rings. The molecule has 0 spiro atoms. The van der Waals surface area contributed by atoms with Crippen LogP contribution in [0.25, 0.3) is 5.69 Å². The van der Waals surface area contributed by atoms with Crippen LogP contribution in [0, 0.1) is 6.92 Å². The molecule has 0 atom stereocenters. The first-order valence-electron chi connectivity index (χ1n) is 6.57. The van der Waals surface area contributed by atoms with Crippen LogP contribution in [-0.2, 0) is 19.0 Å². The molecule has 0 aliphatic heterocycles. The zero-order valence-electron chi connectivity index (χ0n) is 11.0. The molecule has 20 heavy (non-hydrogen) atoms. The topological polar surface area (TPSA) is 30.7 Å². The maximum atomic E-state index is 12.9. The van der Waals surface area contributed by atoms with Gasteiger partial charge in [-0.2, -0.15) is 18.3 Å². The Kier molecular flexibility index (Phi) is 3.03. The molecule has 3 nitrogen and oxygen atoms in total. The van der Waals surface area contributed by atoms with E-state index in [-0.39, 0.29) is 5.56 Å². The normalized spacial score (nSPS) is 15.2. The fourth-order valence-electron chi connectivity index (χ4n) is 2.66. The first-order chi connectivity index (χ1) is 9.47. The van der Waals surface area contributed by atoms with E-state index < -0.39 is 11.9 Å². The summed E-state index contributed by atoms with van der Waals surface area (Å²) >= 11 is 0. The number of pyridine rings is 1. The average molecular weight is 281 g/mol. The summed E-state index contributed by atoms with van der Waals surface area (Å²) in [5.41, 5.74) is 1.85. The standard InChI is InChI=1S/C14H14F3N3/c1-9-12(6-7-18-13(9)14(15,16)17)20-8-10-4-2-3-5-11(10)19-20/h6-8H,2-5H2,1H3. The van der Waals surface area contributed by atoms with Gasteiger partial charge in [0.25, 0.3) is 0 Å². The average Bonchev–Trinajstić information content (AvgIpc) is 2.81. The van der Waals surface area contributed by atoms with Crippen molar-refractivity contribution >= 4 is 0 Å². The molecule has 2 heterocycles. The first kappa shape index (κ1) is 13.1. The maximum absolute atomic E-state index is 12.9. The lowest BCUT2D eigenvalue weighted by Crippen LogP contribution is -2.12. The Labute approximate surface area is 114 Å². The van der Waals surface area contributed by atoms with Crippen LogP contribution in [0.2, 0.25) is 0 Å². The molecule has 6 heteroatoms. The quantitative estimate of drug-likeness (QED) is 0.801. The van der Waals surface area contributed by atoms with Gasteiger partial charge in [-0.1, -0.05) is 0 Å². The van der Waals surface area contributed by atoms with E-state index >= 15 is 0 Å². The zero-order valence-corrected chi connectivity index (χ0v) is 11.0. The number of aromatic nitrogens is 3. The van der Waals surface area contributed by atoms with Crippen LogP contribution >= 0.6 is 0 Å². The molecule has 0 fully saturated rings. The molecule has 3 rings (SSSR count). The smallest absolute Gasteiger partial charge is 0.251 e. The van der Waals surface area contributed by atoms with Crippen LogP contribution in [0.4, 0.5) is 13.2 Å².